The lowest BCUT2D eigenvalue weighted by Crippen LogP contribution is -2.49. The molecular weight excluding hydrogens is 432 g/mol. The molecule has 2 aliphatic rings. The van der Waals surface area contributed by atoms with Crippen LogP contribution in [0.4, 0.5) is 5.69 Å². The first-order valence-electron chi connectivity index (χ1n) is 11.2. The SMILES string of the molecule is COc1cc(NC(=O)[C@H]2c3ccccc3C(=O)N3CCc4ccccc4[C@@H]23)cc(OC)c1OC. The van der Waals surface area contributed by atoms with Gasteiger partial charge in [0.05, 0.1) is 33.3 Å². The third kappa shape index (κ3) is 3.44. The highest BCUT2D eigenvalue weighted by Gasteiger charge is 2.46. The van der Waals surface area contributed by atoms with Crippen molar-refractivity contribution in [2.45, 2.75) is 18.4 Å². The summed E-state index contributed by atoms with van der Waals surface area (Å²) in [4.78, 5) is 29.1. The number of fused-ring (bicyclic) bond motifs is 4. The van der Waals surface area contributed by atoms with Gasteiger partial charge in [-0.05, 0) is 29.2 Å². The lowest BCUT2D eigenvalue weighted by molar-refractivity contribution is -0.119. The second-order valence-electron chi connectivity index (χ2n) is 8.36. The molecule has 3 aromatic carbocycles. The van der Waals surface area contributed by atoms with Gasteiger partial charge in [0, 0.05) is 29.9 Å². The Labute approximate surface area is 198 Å². The average Bonchev–Trinajstić information content (AvgIpc) is 2.88. The maximum absolute atomic E-state index is 13.9. The van der Waals surface area contributed by atoms with Gasteiger partial charge in [-0.15, -0.1) is 0 Å². The number of hydrogen-bond acceptors (Lipinski definition) is 5. The summed E-state index contributed by atoms with van der Waals surface area (Å²) in [7, 11) is 4.59. The highest BCUT2D eigenvalue weighted by molar-refractivity contribution is 6.04. The molecule has 7 nitrogen and oxygen atoms in total. The maximum Gasteiger partial charge on any atom is 0.254 e. The third-order valence-corrected chi connectivity index (χ3v) is 6.65. The Morgan fingerprint density at radius 2 is 1.56 bits per heavy atom. The summed E-state index contributed by atoms with van der Waals surface area (Å²) >= 11 is 0. The number of anilines is 1. The molecule has 0 bridgehead atoms. The topological polar surface area (TPSA) is 77.1 Å². The van der Waals surface area contributed by atoms with E-state index >= 15 is 0 Å². The molecule has 0 aliphatic carbocycles. The summed E-state index contributed by atoms with van der Waals surface area (Å²) in [6.07, 6.45) is 0.766. The van der Waals surface area contributed by atoms with Crippen LogP contribution in [0.3, 0.4) is 0 Å². The van der Waals surface area contributed by atoms with E-state index in [2.05, 4.69) is 11.4 Å². The average molecular weight is 459 g/mol. The van der Waals surface area contributed by atoms with Crippen LogP contribution in [-0.2, 0) is 11.2 Å². The van der Waals surface area contributed by atoms with Gasteiger partial charge in [-0.25, -0.2) is 0 Å². The quantitative estimate of drug-likeness (QED) is 0.621. The fourth-order valence-electron chi connectivity index (χ4n) is 5.13. The molecule has 0 radical (unpaired) electrons. The Hall–Kier alpha value is -4.00. The van der Waals surface area contributed by atoms with Crippen molar-refractivity contribution in [1.82, 2.24) is 4.90 Å². The molecule has 1 N–H and O–H groups in total. The van der Waals surface area contributed by atoms with Crippen molar-refractivity contribution >= 4 is 17.5 Å². The van der Waals surface area contributed by atoms with E-state index in [9.17, 15) is 9.59 Å². The number of carbonyl (C=O) groups is 2. The number of methoxy groups -OCH3 is 3. The highest BCUT2D eigenvalue weighted by Crippen LogP contribution is 2.47. The smallest absolute Gasteiger partial charge is 0.254 e. The lowest BCUT2D eigenvalue weighted by atomic mass is 9.76. The van der Waals surface area contributed by atoms with Crippen LogP contribution in [0.1, 0.15) is 39.0 Å². The molecule has 0 saturated heterocycles. The van der Waals surface area contributed by atoms with E-state index in [4.69, 9.17) is 14.2 Å². The molecular formula is C27H26N2O5. The summed E-state index contributed by atoms with van der Waals surface area (Å²) in [5.41, 5.74) is 4.01. The zero-order chi connectivity index (χ0) is 23.8. The van der Waals surface area contributed by atoms with Gasteiger partial charge in [0.2, 0.25) is 11.7 Å². The van der Waals surface area contributed by atoms with Crippen LogP contribution in [0.25, 0.3) is 0 Å². The summed E-state index contributed by atoms with van der Waals surface area (Å²) in [5, 5.41) is 3.04. The van der Waals surface area contributed by atoms with Gasteiger partial charge in [0.1, 0.15) is 0 Å². The molecule has 0 spiro atoms. The normalized spacial score (nSPS) is 18.3. The number of nitrogens with one attached hydrogen (secondary N) is 1. The maximum atomic E-state index is 13.9. The molecule has 34 heavy (non-hydrogen) atoms. The number of hydrogen-bond donors (Lipinski definition) is 1. The second-order valence-corrected chi connectivity index (χ2v) is 8.36. The van der Waals surface area contributed by atoms with E-state index in [1.54, 1.807) is 18.2 Å². The van der Waals surface area contributed by atoms with Crippen molar-refractivity contribution in [2.75, 3.05) is 33.2 Å². The number of nitrogens with zero attached hydrogens (tertiary/aromatic N) is 1. The Morgan fingerprint density at radius 3 is 2.24 bits per heavy atom. The molecule has 0 unspecified atom stereocenters. The molecule has 7 heteroatoms. The van der Waals surface area contributed by atoms with E-state index in [0.29, 0.717) is 35.0 Å². The highest BCUT2D eigenvalue weighted by atomic mass is 16.5. The van der Waals surface area contributed by atoms with Gasteiger partial charge in [-0.1, -0.05) is 42.5 Å². The fourth-order valence-corrected chi connectivity index (χ4v) is 5.13. The summed E-state index contributed by atoms with van der Waals surface area (Å²) < 4.78 is 16.3. The van der Waals surface area contributed by atoms with Crippen LogP contribution < -0.4 is 19.5 Å². The van der Waals surface area contributed by atoms with E-state index in [-0.39, 0.29) is 17.9 Å². The summed E-state index contributed by atoms with van der Waals surface area (Å²) in [6.45, 7) is 0.572. The van der Waals surface area contributed by atoms with Crippen molar-refractivity contribution in [1.29, 1.82) is 0 Å². The minimum absolute atomic E-state index is 0.0352. The molecule has 174 valence electrons. The van der Waals surface area contributed by atoms with Crippen LogP contribution in [0.2, 0.25) is 0 Å². The van der Waals surface area contributed by atoms with Gasteiger partial charge in [-0.2, -0.15) is 0 Å². The number of ether oxygens (including phenoxy) is 3. The molecule has 3 aromatic rings. The standard InChI is InChI=1S/C27H26N2O5/c1-32-21-14-17(15-22(33-2)25(21)34-3)28-26(30)23-19-10-6-7-11-20(19)27(31)29-13-12-16-8-4-5-9-18(16)24(23)29/h4-11,14-15,23-24H,12-13H2,1-3H3,(H,28,30)/t23-,24-/m0/s1. The van der Waals surface area contributed by atoms with Crippen molar-refractivity contribution in [2.24, 2.45) is 0 Å². The second kappa shape index (κ2) is 8.74. The Balaban J connectivity index is 1.60. The van der Waals surface area contributed by atoms with Crippen molar-refractivity contribution < 1.29 is 23.8 Å². The van der Waals surface area contributed by atoms with Gasteiger partial charge < -0.3 is 24.4 Å². The predicted molar refractivity (Wildman–Crippen MR) is 128 cm³/mol. The first kappa shape index (κ1) is 21.8. The Morgan fingerprint density at radius 1 is 0.912 bits per heavy atom. The minimum atomic E-state index is -0.575. The van der Waals surface area contributed by atoms with Crippen LogP contribution in [0, 0.1) is 0 Å². The molecule has 2 heterocycles. The summed E-state index contributed by atoms with van der Waals surface area (Å²) in [5.74, 6) is 0.522. The number of amides is 2. The van der Waals surface area contributed by atoms with Crippen LogP contribution in [0.15, 0.2) is 60.7 Å². The fraction of sp³-hybridized carbons (Fsp3) is 0.259. The predicted octanol–water partition coefficient (Wildman–Crippen LogP) is 4.19. The van der Waals surface area contributed by atoms with Crippen molar-refractivity contribution in [3.05, 3.63) is 82.9 Å². The monoisotopic (exact) mass is 458 g/mol. The number of benzene rings is 3. The van der Waals surface area contributed by atoms with Crippen LogP contribution in [-0.4, -0.2) is 44.6 Å². The molecule has 0 aromatic heterocycles. The first-order valence-corrected chi connectivity index (χ1v) is 11.2. The van der Waals surface area contributed by atoms with E-state index in [0.717, 1.165) is 17.5 Å². The van der Waals surface area contributed by atoms with Gasteiger partial charge in [-0.3, -0.25) is 9.59 Å². The van der Waals surface area contributed by atoms with Gasteiger partial charge in [0.25, 0.3) is 5.91 Å². The summed E-state index contributed by atoms with van der Waals surface area (Å²) in [6, 6.07) is 18.5. The number of rotatable bonds is 5. The van der Waals surface area contributed by atoms with Gasteiger partial charge >= 0.3 is 0 Å². The van der Waals surface area contributed by atoms with Crippen LogP contribution in [0.5, 0.6) is 17.2 Å². The zero-order valence-electron chi connectivity index (χ0n) is 19.3. The van der Waals surface area contributed by atoms with Crippen molar-refractivity contribution in [3.8, 4) is 17.2 Å². The molecule has 2 amide bonds. The van der Waals surface area contributed by atoms with Crippen LogP contribution >= 0.6 is 0 Å². The number of carbonyl (C=O) groups excluding carboxylic acids is 2. The van der Waals surface area contributed by atoms with E-state index < -0.39 is 5.92 Å². The molecule has 0 saturated carbocycles. The van der Waals surface area contributed by atoms with Gasteiger partial charge in [0.15, 0.2) is 11.5 Å². The largest absolute Gasteiger partial charge is 0.493 e. The lowest BCUT2D eigenvalue weighted by Gasteiger charge is -2.45. The van der Waals surface area contributed by atoms with E-state index in [1.807, 2.05) is 41.3 Å². The van der Waals surface area contributed by atoms with Crippen molar-refractivity contribution in [3.63, 3.8) is 0 Å². The molecule has 2 aliphatic heterocycles. The Kier molecular flexibility index (Phi) is 5.61. The molecule has 0 fully saturated rings. The molecule has 5 rings (SSSR count). The third-order valence-electron chi connectivity index (χ3n) is 6.65. The zero-order valence-corrected chi connectivity index (χ0v) is 19.3. The minimum Gasteiger partial charge on any atom is -0.493 e. The molecule has 2 atom stereocenters. The van der Waals surface area contributed by atoms with E-state index in [1.165, 1.54) is 26.9 Å². The first-order chi connectivity index (χ1) is 16.6. The Bertz CT molecular complexity index is 1250.